The van der Waals surface area contributed by atoms with Gasteiger partial charge in [-0.15, -0.1) is 11.3 Å². The van der Waals surface area contributed by atoms with E-state index < -0.39 is 5.97 Å². The first kappa shape index (κ1) is 18.4. The van der Waals surface area contributed by atoms with E-state index in [4.69, 9.17) is 23.2 Å². The van der Waals surface area contributed by atoms with Crippen molar-refractivity contribution < 1.29 is 9.90 Å². The number of aromatic nitrogens is 1. The molecule has 3 aromatic rings. The Bertz CT molecular complexity index is 958. The summed E-state index contributed by atoms with van der Waals surface area (Å²) in [6, 6.07) is 14.5. The van der Waals surface area contributed by atoms with Crippen molar-refractivity contribution in [1.29, 1.82) is 0 Å². The highest BCUT2D eigenvalue weighted by Gasteiger charge is 2.12. The SMILES string of the molecule is O=C(O)/C(Cc1ccccc1)=N\Nc1nc(-c2ccc(Cl)c(Cl)c2)cs1. The second kappa shape index (κ2) is 8.31. The van der Waals surface area contributed by atoms with Gasteiger partial charge in [0.2, 0.25) is 5.13 Å². The van der Waals surface area contributed by atoms with E-state index in [-0.39, 0.29) is 12.1 Å². The Morgan fingerprint density at radius 3 is 2.62 bits per heavy atom. The Kier molecular flexibility index (Phi) is 5.88. The molecule has 2 aromatic carbocycles. The zero-order chi connectivity index (χ0) is 18.5. The second-order valence-electron chi connectivity index (χ2n) is 5.30. The van der Waals surface area contributed by atoms with Gasteiger partial charge in [0, 0.05) is 17.4 Å². The summed E-state index contributed by atoms with van der Waals surface area (Å²) in [5, 5.41) is 16.6. The summed E-state index contributed by atoms with van der Waals surface area (Å²) >= 11 is 13.3. The monoisotopic (exact) mass is 405 g/mol. The molecule has 0 aliphatic rings. The normalized spacial score (nSPS) is 11.4. The number of rotatable bonds is 6. The number of carboxylic acids is 1. The van der Waals surface area contributed by atoms with Crippen LogP contribution >= 0.6 is 34.5 Å². The summed E-state index contributed by atoms with van der Waals surface area (Å²) < 4.78 is 0. The topological polar surface area (TPSA) is 74.6 Å². The van der Waals surface area contributed by atoms with E-state index in [1.807, 2.05) is 41.8 Å². The van der Waals surface area contributed by atoms with Gasteiger partial charge in [0.1, 0.15) is 5.71 Å². The Morgan fingerprint density at radius 1 is 1.15 bits per heavy atom. The van der Waals surface area contributed by atoms with Crippen molar-refractivity contribution in [2.45, 2.75) is 6.42 Å². The lowest BCUT2D eigenvalue weighted by molar-refractivity contribution is -0.129. The maximum Gasteiger partial charge on any atom is 0.352 e. The van der Waals surface area contributed by atoms with Crippen molar-refractivity contribution >= 4 is 51.4 Å². The molecule has 5 nitrogen and oxygen atoms in total. The van der Waals surface area contributed by atoms with Crippen LogP contribution in [0.1, 0.15) is 5.56 Å². The number of nitrogens with one attached hydrogen (secondary N) is 1. The predicted molar refractivity (Wildman–Crippen MR) is 106 cm³/mol. The number of nitrogens with zero attached hydrogens (tertiary/aromatic N) is 2. The van der Waals surface area contributed by atoms with Gasteiger partial charge in [0.25, 0.3) is 0 Å². The van der Waals surface area contributed by atoms with Gasteiger partial charge in [-0.3, -0.25) is 5.43 Å². The molecule has 26 heavy (non-hydrogen) atoms. The molecule has 0 bridgehead atoms. The maximum absolute atomic E-state index is 11.4. The number of benzene rings is 2. The molecule has 3 rings (SSSR count). The van der Waals surface area contributed by atoms with Crippen LogP contribution in [-0.2, 0) is 11.2 Å². The van der Waals surface area contributed by atoms with Gasteiger partial charge < -0.3 is 5.11 Å². The van der Waals surface area contributed by atoms with Gasteiger partial charge in [-0.05, 0) is 17.7 Å². The van der Waals surface area contributed by atoms with Crippen molar-refractivity contribution in [2.24, 2.45) is 5.10 Å². The molecular formula is C18H13Cl2N3O2S. The molecule has 0 unspecified atom stereocenters. The summed E-state index contributed by atoms with van der Waals surface area (Å²) in [4.78, 5) is 15.8. The molecule has 0 aliphatic heterocycles. The smallest absolute Gasteiger partial charge is 0.352 e. The molecule has 0 saturated carbocycles. The van der Waals surface area contributed by atoms with Crippen LogP contribution < -0.4 is 5.43 Å². The van der Waals surface area contributed by atoms with E-state index in [2.05, 4.69) is 15.5 Å². The summed E-state index contributed by atoms with van der Waals surface area (Å²) in [7, 11) is 0. The molecule has 0 radical (unpaired) electrons. The first-order valence-electron chi connectivity index (χ1n) is 7.53. The van der Waals surface area contributed by atoms with Gasteiger partial charge in [-0.1, -0.05) is 59.6 Å². The minimum atomic E-state index is -1.08. The number of anilines is 1. The third-order valence-corrected chi connectivity index (χ3v) is 4.95. The summed E-state index contributed by atoms with van der Waals surface area (Å²) in [5.41, 5.74) is 5.10. The summed E-state index contributed by atoms with van der Waals surface area (Å²) in [6.45, 7) is 0. The van der Waals surface area contributed by atoms with Crippen LogP contribution in [0.15, 0.2) is 59.0 Å². The first-order valence-corrected chi connectivity index (χ1v) is 9.17. The van der Waals surface area contributed by atoms with Crippen LogP contribution in [0, 0.1) is 0 Å². The molecular weight excluding hydrogens is 393 g/mol. The lowest BCUT2D eigenvalue weighted by Crippen LogP contribution is -2.17. The summed E-state index contributed by atoms with van der Waals surface area (Å²) in [6.07, 6.45) is 0.216. The van der Waals surface area contributed by atoms with Crippen LogP contribution in [0.25, 0.3) is 11.3 Å². The molecule has 0 amide bonds. The highest BCUT2D eigenvalue weighted by Crippen LogP contribution is 2.30. The van der Waals surface area contributed by atoms with Crippen LogP contribution in [0.5, 0.6) is 0 Å². The van der Waals surface area contributed by atoms with Crippen molar-refractivity contribution in [3.63, 3.8) is 0 Å². The quantitative estimate of drug-likeness (QED) is 0.435. The van der Waals surface area contributed by atoms with Gasteiger partial charge in [-0.2, -0.15) is 5.10 Å². The molecule has 0 spiro atoms. The van der Waals surface area contributed by atoms with E-state index in [0.717, 1.165) is 11.1 Å². The van der Waals surface area contributed by atoms with E-state index in [0.29, 0.717) is 20.9 Å². The van der Waals surface area contributed by atoms with Crippen molar-refractivity contribution in [1.82, 2.24) is 4.98 Å². The van der Waals surface area contributed by atoms with Crippen LogP contribution in [-0.4, -0.2) is 21.8 Å². The van der Waals surface area contributed by atoms with Gasteiger partial charge in [0.15, 0.2) is 0 Å². The van der Waals surface area contributed by atoms with Crippen molar-refractivity contribution in [2.75, 3.05) is 5.43 Å². The molecule has 8 heteroatoms. The highest BCUT2D eigenvalue weighted by molar-refractivity contribution is 7.14. The zero-order valence-corrected chi connectivity index (χ0v) is 15.6. The first-order chi connectivity index (χ1) is 12.5. The lowest BCUT2D eigenvalue weighted by atomic mass is 10.1. The van der Waals surface area contributed by atoms with Crippen LogP contribution in [0.2, 0.25) is 10.0 Å². The van der Waals surface area contributed by atoms with Gasteiger partial charge in [-0.25, -0.2) is 9.78 Å². The third kappa shape index (κ3) is 4.60. The van der Waals surface area contributed by atoms with Crippen molar-refractivity contribution in [3.8, 4) is 11.3 Å². The number of carboxylic acid groups (broad SMARTS) is 1. The zero-order valence-electron chi connectivity index (χ0n) is 13.3. The Balaban J connectivity index is 1.75. The van der Waals surface area contributed by atoms with E-state index in [1.54, 1.807) is 12.1 Å². The molecule has 0 aliphatic carbocycles. The summed E-state index contributed by atoms with van der Waals surface area (Å²) in [5.74, 6) is -1.08. The molecule has 0 saturated heterocycles. The Labute approximate surface area is 163 Å². The molecule has 0 fully saturated rings. The number of thiazole rings is 1. The average molecular weight is 406 g/mol. The van der Waals surface area contributed by atoms with E-state index in [1.165, 1.54) is 11.3 Å². The average Bonchev–Trinajstić information content (AvgIpc) is 3.10. The maximum atomic E-state index is 11.4. The van der Waals surface area contributed by atoms with E-state index >= 15 is 0 Å². The van der Waals surface area contributed by atoms with Crippen molar-refractivity contribution in [3.05, 3.63) is 69.5 Å². The second-order valence-corrected chi connectivity index (χ2v) is 6.98. The predicted octanol–water partition coefficient (Wildman–Crippen LogP) is 5.21. The molecule has 0 atom stereocenters. The minimum absolute atomic E-state index is 0.00230. The lowest BCUT2D eigenvalue weighted by Gasteiger charge is -2.02. The highest BCUT2D eigenvalue weighted by atomic mass is 35.5. The third-order valence-electron chi connectivity index (χ3n) is 3.47. The van der Waals surface area contributed by atoms with E-state index in [9.17, 15) is 9.90 Å². The fourth-order valence-electron chi connectivity index (χ4n) is 2.18. The standard InChI is InChI=1S/C18H13Cl2N3O2S/c19-13-7-6-12(9-14(13)20)16-10-26-18(21-16)23-22-15(17(24)25)8-11-4-2-1-3-5-11/h1-7,9-10H,8H2,(H,21,23)(H,24,25)/b22-15-. The fourth-order valence-corrected chi connectivity index (χ4v) is 3.14. The Hall–Kier alpha value is -2.41. The van der Waals surface area contributed by atoms with Gasteiger partial charge in [0.05, 0.1) is 15.7 Å². The number of halogens is 2. The fraction of sp³-hybridized carbons (Fsp3) is 0.0556. The molecule has 1 heterocycles. The van der Waals surface area contributed by atoms with Crippen LogP contribution in [0.3, 0.4) is 0 Å². The number of hydrogen-bond acceptors (Lipinski definition) is 5. The number of hydrazone groups is 1. The minimum Gasteiger partial charge on any atom is -0.477 e. The van der Waals surface area contributed by atoms with Crippen LogP contribution in [0.4, 0.5) is 5.13 Å². The molecule has 1 aromatic heterocycles. The van der Waals surface area contributed by atoms with Gasteiger partial charge >= 0.3 is 5.97 Å². The number of carbonyl (C=O) groups is 1. The molecule has 132 valence electrons. The Morgan fingerprint density at radius 2 is 1.92 bits per heavy atom. The number of aliphatic carboxylic acids is 1. The number of hydrogen-bond donors (Lipinski definition) is 2. The molecule has 2 N–H and O–H groups in total. The largest absolute Gasteiger partial charge is 0.477 e.